The Kier molecular flexibility index (Phi) is 8.65. The molecule has 0 saturated carbocycles. The van der Waals surface area contributed by atoms with Crippen LogP contribution in [0.4, 0.5) is 4.79 Å². The highest BCUT2D eigenvalue weighted by molar-refractivity contribution is 6.31. The molecule has 9 heteroatoms. The van der Waals surface area contributed by atoms with Gasteiger partial charge in [0.25, 0.3) is 5.56 Å². The summed E-state index contributed by atoms with van der Waals surface area (Å²) in [6.45, 7) is 6.09. The lowest BCUT2D eigenvalue weighted by molar-refractivity contribution is -0.141. The molecule has 8 nitrogen and oxygen atoms in total. The number of carbonyl (C=O) groups excluding carboxylic acids is 2. The monoisotopic (exact) mass is 436 g/mol. The number of urea groups is 1. The summed E-state index contributed by atoms with van der Waals surface area (Å²) >= 11 is 6.07. The fraction of sp³-hybridized carbons (Fsp3) is 0.524. The van der Waals surface area contributed by atoms with E-state index in [1.807, 2.05) is 6.92 Å². The van der Waals surface area contributed by atoms with Crippen LogP contribution in [0.25, 0.3) is 10.9 Å². The molecular weight excluding hydrogens is 408 g/mol. The molecule has 1 N–H and O–H groups in total. The van der Waals surface area contributed by atoms with Crippen LogP contribution in [-0.2, 0) is 16.6 Å². The van der Waals surface area contributed by atoms with Crippen molar-refractivity contribution in [3.05, 3.63) is 39.4 Å². The highest BCUT2D eigenvalue weighted by Crippen LogP contribution is 2.22. The minimum absolute atomic E-state index is 0.209. The van der Waals surface area contributed by atoms with Crippen molar-refractivity contribution in [2.45, 2.75) is 46.1 Å². The zero-order chi connectivity index (χ0) is 22.3. The molecule has 1 atom stereocenters. The molecule has 2 aromatic rings. The van der Waals surface area contributed by atoms with E-state index >= 15 is 0 Å². The van der Waals surface area contributed by atoms with Crippen LogP contribution in [0.2, 0.25) is 5.02 Å². The number of nitrogens with zero attached hydrogens (tertiary/aromatic N) is 3. The van der Waals surface area contributed by atoms with Crippen molar-refractivity contribution in [3.8, 4) is 0 Å². The third-order valence-electron chi connectivity index (χ3n) is 4.87. The Morgan fingerprint density at radius 1 is 1.30 bits per heavy atom. The number of fused-ring (bicyclic) bond motifs is 1. The van der Waals surface area contributed by atoms with E-state index in [-0.39, 0.29) is 18.7 Å². The Morgan fingerprint density at radius 3 is 2.70 bits per heavy atom. The number of hydrogen-bond donors (Lipinski definition) is 1. The van der Waals surface area contributed by atoms with E-state index < -0.39 is 18.0 Å². The Morgan fingerprint density at radius 2 is 2.03 bits per heavy atom. The molecule has 0 spiro atoms. The molecule has 2 rings (SSSR count). The number of hydrogen-bond acceptors (Lipinski definition) is 5. The van der Waals surface area contributed by atoms with E-state index in [0.29, 0.717) is 28.3 Å². The second kappa shape index (κ2) is 11.0. The van der Waals surface area contributed by atoms with E-state index in [9.17, 15) is 14.4 Å². The minimum Gasteiger partial charge on any atom is -0.465 e. The summed E-state index contributed by atoms with van der Waals surface area (Å²) in [7, 11) is 1.63. The number of esters is 1. The molecular formula is C21H29ClN4O4. The quantitative estimate of drug-likeness (QED) is 0.480. The number of rotatable bonds is 9. The molecule has 0 aliphatic heterocycles. The van der Waals surface area contributed by atoms with Crippen LogP contribution in [-0.4, -0.2) is 46.1 Å². The molecule has 164 valence electrons. The van der Waals surface area contributed by atoms with Crippen LogP contribution in [0.15, 0.2) is 23.0 Å². The SMILES string of the molecule is CCCCCN(C(=O)NCC(=O)OCC)C(C)c1nc2cc(Cl)ccc2c(=O)n1C. The summed E-state index contributed by atoms with van der Waals surface area (Å²) in [5.41, 5.74) is 0.270. The number of nitrogens with one attached hydrogen (secondary N) is 1. The molecule has 0 fully saturated rings. The number of aromatic nitrogens is 2. The predicted molar refractivity (Wildman–Crippen MR) is 117 cm³/mol. The first-order chi connectivity index (χ1) is 14.3. The maximum Gasteiger partial charge on any atom is 0.325 e. The lowest BCUT2D eigenvalue weighted by atomic mass is 10.2. The van der Waals surface area contributed by atoms with Crippen molar-refractivity contribution >= 4 is 34.5 Å². The van der Waals surface area contributed by atoms with Crippen molar-refractivity contribution in [2.75, 3.05) is 19.7 Å². The maximum atomic E-state index is 12.8. The molecule has 0 aliphatic rings. The average Bonchev–Trinajstić information content (AvgIpc) is 2.71. The van der Waals surface area contributed by atoms with Crippen molar-refractivity contribution < 1.29 is 14.3 Å². The lowest BCUT2D eigenvalue weighted by Gasteiger charge is -2.30. The van der Waals surface area contributed by atoms with Gasteiger partial charge in [-0.05, 0) is 38.5 Å². The van der Waals surface area contributed by atoms with Crippen LogP contribution in [0.5, 0.6) is 0 Å². The van der Waals surface area contributed by atoms with E-state index in [1.54, 1.807) is 37.1 Å². The zero-order valence-corrected chi connectivity index (χ0v) is 18.7. The summed E-state index contributed by atoms with van der Waals surface area (Å²) in [6.07, 6.45) is 2.74. The Labute approximate surface area is 181 Å². The molecule has 0 radical (unpaired) electrons. The van der Waals surface area contributed by atoms with E-state index in [2.05, 4.69) is 17.2 Å². The van der Waals surface area contributed by atoms with Gasteiger partial charge in [0.2, 0.25) is 0 Å². The molecule has 0 aliphatic carbocycles. The van der Waals surface area contributed by atoms with Crippen molar-refractivity contribution in [1.29, 1.82) is 0 Å². The fourth-order valence-electron chi connectivity index (χ4n) is 3.24. The number of amides is 2. The van der Waals surface area contributed by atoms with Gasteiger partial charge in [0.15, 0.2) is 0 Å². The van der Waals surface area contributed by atoms with E-state index in [4.69, 9.17) is 16.3 Å². The molecule has 1 unspecified atom stereocenters. The third-order valence-corrected chi connectivity index (χ3v) is 5.10. The largest absolute Gasteiger partial charge is 0.465 e. The number of unbranched alkanes of at least 4 members (excludes halogenated alkanes) is 2. The summed E-state index contributed by atoms with van der Waals surface area (Å²) in [4.78, 5) is 43.5. The van der Waals surface area contributed by atoms with Crippen molar-refractivity contribution in [3.63, 3.8) is 0 Å². The Hall–Kier alpha value is -2.61. The molecule has 0 bridgehead atoms. The van der Waals surface area contributed by atoms with Crippen LogP contribution in [0.3, 0.4) is 0 Å². The minimum atomic E-state index is -0.502. The van der Waals surface area contributed by atoms with Gasteiger partial charge in [-0.1, -0.05) is 31.4 Å². The standard InChI is InChI=1S/C21H29ClN4O4/c1-5-7-8-11-26(21(29)23-13-18(27)30-6-2)14(3)19-24-17-12-15(22)9-10-16(17)20(28)25(19)4/h9-10,12,14H,5-8,11,13H2,1-4H3,(H,23,29). The van der Waals surface area contributed by atoms with Gasteiger partial charge < -0.3 is 15.0 Å². The van der Waals surface area contributed by atoms with Gasteiger partial charge in [-0.25, -0.2) is 9.78 Å². The number of halogens is 1. The van der Waals surface area contributed by atoms with Gasteiger partial charge in [-0.15, -0.1) is 0 Å². The first kappa shape index (κ1) is 23.7. The van der Waals surface area contributed by atoms with E-state index in [1.165, 1.54) is 4.57 Å². The van der Waals surface area contributed by atoms with Gasteiger partial charge >= 0.3 is 12.0 Å². The normalized spacial score (nSPS) is 11.9. The zero-order valence-electron chi connectivity index (χ0n) is 17.9. The Bertz CT molecular complexity index is 960. The lowest BCUT2D eigenvalue weighted by Crippen LogP contribution is -2.45. The highest BCUT2D eigenvalue weighted by Gasteiger charge is 2.25. The van der Waals surface area contributed by atoms with Gasteiger partial charge in [-0.2, -0.15) is 0 Å². The van der Waals surface area contributed by atoms with Crippen molar-refractivity contribution in [1.82, 2.24) is 19.8 Å². The fourth-order valence-corrected chi connectivity index (χ4v) is 3.41. The average molecular weight is 437 g/mol. The van der Waals surface area contributed by atoms with Gasteiger partial charge in [0.1, 0.15) is 12.4 Å². The second-order valence-electron chi connectivity index (χ2n) is 7.04. The molecule has 0 saturated heterocycles. The van der Waals surface area contributed by atoms with Crippen LogP contribution in [0.1, 0.15) is 51.9 Å². The van der Waals surface area contributed by atoms with Gasteiger partial charge in [-0.3, -0.25) is 14.2 Å². The van der Waals surface area contributed by atoms with E-state index in [0.717, 1.165) is 19.3 Å². The first-order valence-corrected chi connectivity index (χ1v) is 10.5. The van der Waals surface area contributed by atoms with Crippen LogP contribution >= 0.6 is 11.6 Å². The summed E-state index contributed by atoms with van der Waals surface area (Å²) in [5.74, 6) is -0.0598. The van der Waals surface area contributed by atoms with Gasteiger partial charge in [0.05, 0.1) is 23.6 Å². The summed E-state index contributed by atoms with van der Waals surface area (Å²) in [5, 5.41) is 3.54. The number of ether oxygens (including phenoxy) is 1. The molecule has 1 aromatic heterocycles. The summed E-state index contributed by atoms with van der Waals surface area (Å²) < 4.78 is 6.32. The van der Waals surface area contributed by atoms with Crippen LogP contribution < -0.4 is 10.9 Å². The Balaban J connectivity index is 2.35. The topological polar surface area (TPSA) is 93.5 Å². The smallest absolute Gasteiger partial charge is 0.325 e. The first-order valence-electron chi connectivity index (χ1n) is 10.2. The van der Waals surface area contributed by atoms with Gasteiger partial charge in [0, 0.05) is 18.6 Å². The van der Waals surface area contributed by atoms with Crippen molar-refractivity contribution in [2.24, 2.45) is 7.05 Å². The number of benzene rings is 1. The molecule has 2 amide bonds. The summed E-state index contributed by atoms with van der Waals surface area (Å²) in [6, 6.07) is 4.02. The molecule has 1 heterocycles. The molecule has 1 aromatic carbocycles. The maximum absolute atomic E-state index is 12.8. The predicted octanol–water partition coefficient (Wildman–Crippen LogP) is 3.41. The van der Waals surface area contributed by atoms with Crippen LogP contribution in [0, 0.1) is 0 Å². The highest BCUT2D eigenvalue weighted by atomic mass is 35.5. The number of carbonyl (C=O) groups is 2. The molecule has 30 heavy (non-hydrogen) atoms. The second-order valence-corrected chi connectivity index (χ2v) is 7.47. The third kappa shape index (κ3) is 5.72.